The summed E-state index contributed by atoms with van der Waals surface area (Å²) in [5.41, 5.74) is 1.38. The van der Waals surface area contributed by atoms with Crippen LogP contribution in [0.15, 0.2) is 48.5 Å². The maximum absolute atomic E-state index is 13.2. The fraction of sp³-hybridized carbons (Fsp3) is 0.381. The summed E-state index contributed by atoms with van der Waals surface area (Å²) in [6.45, 7) is 3.03. The van der Waals surface area contributed by atoms with Crippen molar-refractivity contribution in [2.75, 3.05) is 18.1 Å². The Morgan fingerprint density at radius 2 is 1.96 bits per heavy atom. The molecular formula is C21H24ClNO4S. The van der Waals surface area contributed by atoms with Gasteiger partial charge in [-0.2, -0.15) is 0 Å². The Morgan fingerprint density at radius 3 is 2.57 bits per heavy atom. The van der Waals surface area contributed by atoms with Crippen molar-refractivity contribution in [3.05, 3.63) is 64.7 Å². The van der Waals surface area contributed by atoms with E-state index in [0.717, 1.165) is 17.7 Å². The first-order chi connectivity index (χ1) is 13.4. The molecule has 0 aromatic heterocycles. The third kappa shape index (κ3) is 5.26. The lowest BCUT2D eigenvalue weighted by atomic mass is 10.1. The smallest absolute Gasteiger partial charge is 0.254 e. The Hall–Kier alpha value is -2.05. The van der Waals surface area contributed by atoms with Gasteiger partial charge in [-0.1, -0.05) is 36.7 Å². The zero-order valence-corrected chi connectivity index (χ0v) is 17.4. The van der Waals surface area contributed by atoms with E-state index in [2.05, 4.69) is 0 Å². The standard InChI is InChI=1S/C21H24ClNO4S/c1-2-11-27-20-8-6-16(7-9-20)14-23(19-10-12-28(25,26)15-19)21(24)17-4-3-5-18(22)13-17/h3-9,13,19H,2,10-12,14-15H2,1H3/t19-/m1/s1. The number of halogens is 1. The molecule has 1 fully saturated rings. The minimum Gasteiger partial charge on any atom is -0.494 e. The van der Waals surface area contributed by atoms with Crippen molar-refractivity contribution >= 4 is 27.3 Å². The van der Waals surface area contributed by atoms with Crippen LogP contribution in [-0.4, -0.2) is 43.4 Å². The van der Waals surface area contributed by atoms with Crippen molar-refractivity contribution in [1.29, 1.82) is 0 Å². The van der Waals surface area contributed by atoms with Gasteiger partial charge < -0.3 is 9.64 Å². The molecule has 1 aliphatic heterocycles. The zero-order chi connectivity index (χ0) is 20.1. The van der Waals surface area contributed by atoms with Crippen LogP contribution in [0.4, 0.5) is 0 Å². The summed E-state index contributed by atoms with van der Waals surface area (Å²) in [6.07, 6.45) is 1.38. The molecule has 2 aromatic rings. The molecule has 150 valence electrons. The van der Waals surface area contributed by atoms with Gasteiger partial charge in [-0.05, 0) is 48.7 Å². The number of hydrogen-bond donors (Lipinski definition) is 0. The van der Waals surface area contributed by atoms with Crippen LogP contribution in [0.25, 0.3) is 0 Å². The summed E-state index contributed by atoms with van der Waals surface area (Å²) < 4.78 is 29.6. The average Bonchev–Trinajstić information content (AvgIpc) is 3.04. The molecule has 1 aliphatic rings. The highest BCUT2D eigenvalue weighted by Gasteiger charge is 2.35. The number of nitrogens with zero attached hydrogens (tertiary/aromatic N) is 1. The number of rotatable bonds is 7. The summed E-state index contributed by atoms with van der Waals surface area (Å²) in [5, 5.41) is 0.474. The normalized spacial score (nSPS) is 18.0. The van der Waals surface area contributed by atoms with Gasteiger partial charge in [0.1, 0.15) is 5.75 Å². The molecule has 1 saturated heterocycles. The number of benzene rings is 2. The van der Waals surface area contributed by atoms with E-state index >= 15 is 0 Å². The highest BCUT2D eigenvalue weighted by molar-refractivity contribution is 7.91. The number of ether oxygens (including phenoxy) is 1. The third-order valence-electron chi connectivity index (χ3n) is 4.73. The van der Waals surface area contributed by atoms with Crippen LogP contribution in [0.5, 0.6) is 5.75 Å². The number of carbonyl (C=O) groups is 1. The highest BCUT2D eigenvalue weighted by atomic mass is 35.5. The lowest BCUT2D eigenvalue weighted by Gasteiger charge is -2.28. The van der Waals surface area contributed by atoms with E-state index in [1.54, 1.807) is 29.2 Å². The molecule has 2 aromatic carbocycles. The molecule has 0 saturated carbocycles. The largest absolute Gasteiger partial charge is 0.494 e. The Kier molecular flexibility index (Phi) is 6.62. The van der Waals surface area contributed by atoms with E-state index in [-0.39, 0.29) is 23.5 Å². The van der Waals surface area contributed by atoms with Crippen molar-refractivity contribution in [2.24, 2.45) is 0 Å². The summed E-state index contributed by atoms with van der Waals surface area (Å²) in [7, 11) is -3.11. The van der Waals surface area contributed by atoms with E-state index in [1.807, 2.05) is 31.2 Å². The van der Waals surface area contributed by atoms with Gasteiger partial charge in [0.15, 0.2) is 9.84 Å². The molecule has 0 N–H and O–H groups in total. The molecule has 0 spiro atoms. The molecule has 1 amide bonds. The Bertz CT molecular complexity index is 928. The van der Waals surface area contributed by atoms with Crippen LogP contribution in [-0.2, 0) is 16.4 Å². The minimum absolute atomic E-state index is 0.00298. The molecule has 1 heterocycles. The molecule has 0 radical (unpaired) electrons. The Balaban J connectivity index is 1.83. The van der Waals surface area contributed by atoms with Crippen LogP contribution in [0, 0.1) is 0 Å². The number of carbonyl (C=O) groups excluding carboxylic acids is 1. The van der Waals surface area contributed by atoms with Crippen molar-refractivity contribution in [3.63, 3.8) is 0 Å². The molecule has 1 atom stereocenters. The Labute approximate surface area is 171 Å². The second-order valence-electron chi connectivity index (χ2n) is 6.99. The maximum Gasteiger partial charge on any atom is 0.254 e. The minimum atomic E-state index is -3.11. The monoisotopic (exact) mass is 421 g/mol. The zero-order valence-electron chi connectivity index (χ0n) is 15.8. The molecule has 3 rings (SSSR count). The number of sulfone groups is 1. The molecule has 28 heavy (non-hydrogen) atoms. The van der Waals surface area contributed by atoms with Gasteiger partial charge in [-0.15, -0.1) is 0 Å². The third-order valence-corrected chi connectivity index (χ3v) is 6.72. The summed E-state index contributed by atoms with van der Waals surface area (Å²) in [4.78, 5) is 14.8. The molecule has 0 bridgehead atoms. The summed E-state index contributed by atoms with van der Waals surface area (Å²) in [6, 6.07) is 14.0. The number of hydrogen-bond acceptors (Lipinski definition) is 4. The van der Waals surface area contributed by atoms with Gasteiger partial charge in [0.2, 0.25) is 0 Å². The van der Waals surface area contributed by atoms with Crippen molar-refractivity contribution < 1.29 is 17.9 Å². The van der Waals surface area contributed by atoms with Crippen LogP contribution in [0.1, 0.15) is 35.7 Å². The van der Waals surface area contributed by atoms with E-state index in [4.69, 9.17) is 16.3 Å². The Morgan fingerprint density at radius 1 is 1.21 bits per heavy atom. The van der Waals surface area contributed by atoms with E-state index < -0.39 is 9.84 Å². The first-order valence-corrected chi connectivity index (χ1v) is 11.6. The first-order valence-electron chi connectivity index (χ1n) is 9.36. The van der Waals surface area contributed by atoms with E-state index in [0.29, 0.717) is 30.2 Å². The topological polar surface area (TPSA) is 63.7 Å². The predicted molar refractivity (Wildman–Crippen MR) is 111 cm³/mol. The van der Waals surface area contributed by atoms with Crippen molar-refractivity contribution in [1.82, 2.24) is 4.90 Å². The molecular weight excluding hydrogens is 398 g/mol. The number of amides is 1. The van der Waals surface area contributed by atoms with Gasteiger partial charge in [-0.25, -0.2) is 8.42 Å². The van der Waals surface area contributed by atoms with E-state index in [9.17, 15) is 13.2 Å². The van der Waals surface area contributed by atoms with Crippen LogP contribution < -0.4 is 4.74 Å². The molecule has 7 heteroatoms. The fourth-order valence-corrected chi connectivity index (χ4v) is 5.20. The predicted octanol–water partition coefficient (Wildman–Crippen LogP) is 3.96. The molecule has 0 aliphatic carbocycles. The highest BCUT2D eigenvalue weighted by Crippen LogP contribution is 2.24. The quantitative estimate of drug-likeness (QED) is 0.678. The van der Waals surface area contributed by atoms with Crippen molar-refractivity contribution in [3.8, 4) is 5.75 Å². The van der Waals surface area contributed by atoms with E-state index in [1.165, 1.54) is 0 Å². The van der Waals surface area contributed by atoms with Gasteiger partial charge in [0, 0.05) is 23.2 Å². The second-order valence-corrected chi connectivity index (χ2v) is 9.66. The van der Waals surface area contributed by atoms with Crippen LogP contribution >= 0.6 is 11.6 Å². The first kappa shape index (κ1) is 20.7. The lowest BCUT2D eigenvalue weighted by Crippen LogP contribution is -2.40. The van der Waals surface area contributed by atoms with Gasteiger partial charge in [0.25, 0.3) is 5.91 Å². The van der Waals surface area contributed by atoms with Crippen molar-refractivity contribution in [2.45, 2.75) is 32.4 Å². The second kappa shape index (κ2) is 8.97. The van der Waals surface area contributed by atoms with Gasteiger partial charge >= 0.3 is 0 Å². The lowest BCUT2D eigenvalue weighted by molar-refractivity contribution is 0.0681. The summed E-state index contributed by atoms with van der Waals surface area (Å²) in [5.74, 6) is 0.676. The van der Waals surface area contributed by atoms with Gasteiger partial charge in [0.05, 0.1) is 18.1 Å². The van der Waals surface area contributed by atoms with Crippen LogP contribution in [0.3, 0.4) is 0 Å². The average molecular weight is 422 g/mol. The van der Waals surface area contributed by atoms with Gasteiger partial charge in [-0.3, -0.25) is 4.79 Å². The summed E-state index contributed by atoms with van der Waals surface area (Å²) >= 11 is 6.04. The van der Waals surface area contributed by atoms with Crippen LogP contribution in [0.2, 0.25) is 5.02 Å². The SMILES string of the molecule is CCCOc1ccc(CN(C(=O)c2cccc(Cl)c2)[C@@H]2CCS(=O)(=O)C2)cc1. The fourth-order valence-electron chi connectivity index (χ4n) is 3.28. The molecule has 5 nitrogen and oxygen atoms in total. The molecule has 0 unspecified atom stereocenters. The maximum atomic E-state index is 13.2.